The third-order valence-electron chi connectivity index (χ3n) is 1.92. The first-order chi connectivity index (χ1) is 6.84. The van der Waals surface area contributed by atoms with Crippen LogP contribution in [0.2, 0.25) is 0 Å². The van der Waals surface area contributed by atoms with Crippen molar-refractivity contribution in [3.63, 3.8) is 0 Å². The van der Waals surface area contributed by atoms with Gasteiger partial charge in [0.15, 0.2) is 5.17 Å². The largest absolute Gasteiger partial charge is 0.379 e. The lowest BCUT2D eigenvalue weighted by Gasteiger charge is -2.06. The molecule has 1 aromatic carbocycles. The highest BCUT2D eigenvalue weighted by Gasteiger charge is 2.17. The number of nitrogens with two attached hydrogens (primary N) is 1. The molecular weight excluding hydrogens is 212 g/mol. The van der Waals surface area contributed by atoms with Crippen LogP contribution in [0.25, 0.3) is 0 Å². The fraction of sp³-hybridized carbons (Fsp3) is 0.300. The maximum atomic E-state index is 5.60. The molecule has 1 aliphatic rings. The molecule has 2 rings (SSSR count). The Kier molecular flexibility index (Phi) is 3.37. The standard InChI is InChI=1S/C10H12N2S2/c11-10-12-6-9(14-10)7-13-8-4-2-1-3-5-8/h1-5,9H,6-7H2,(H2,11,12). The first-order valence-electron chi connectivity index (χ1n) is 4.49. The highest BCUT2D eigenvalue weighted by Crippen LogP contribution is 2.26. The lowest BCUT2D eigenvalue weighted by atomic mass is 10.4. The van der Waals surface area contributed by atoms with Crippen LogP contribution in [-0.2, 0) is 0 Å². The van der Waals surface area contributed by atoms with Gasteiger partial charge in [-0.05, 0) is 12.1 Å². The van der Waals surface area contributed by atoms with Crippen molar-refractivity contribution in [2.75, 3.05) is 12.3 Å². The molecular formula is C10H12N2S2. The second-order valence-corrected chi connectivity index (χ2v) is 5.46. The van der Waals surface area contributed by atoms with E-state index in [0.29, 0.717) is 5.25 Å². The van der Waals surface area contributed by atoms with E-state index in [1.807, 2.05) is 17.8 Å². The van der Waals surface area contributed by atoms with Crippen LogP contribution in [0.5, 0.6) is 0 Å². The second kappa shape index (κ2) is 4.75. The Bertz CT molecular complexity index is 324. The predicted molar refractivity (Wildman–Crippen MR) is 65.0 cm³/mol. The van der Waals surface area contributed by atoms with Gasteiger partial charge < -0.3 is 5.73 Å². The van der Waals surface area contributed by atoms with Crippen LogP contribution < -0.4 is 5.73 Å². The van der Waals surface area contributed by atoms with E-state index < -0.39 is 0 Å². The topological polar surface area (TPSA) is 38.4 Å². The van der Waals surface area contributed by atoms with Crippen molar-refractivity contribution in [3.05, 3.63) is 30.3 Å². The Morgan fingerprint density at radius 1 is 1.43 bits per heavy atom. The molecule has 74 valence electrons. The van der Waals surface area contributed by atoms with Crippen LogP contribution in [0.4, 0.5) is 0 Å². The van der Waals surface area contributed by atoms with Gasteiger partial charge in [0.05, 0.1) is 6.54 Å². The highest BCUT2D eigenvalue weighted by atomic mass is 32.2. The van der Waals surface area contributed by atoms with E-state index in [0.717, 1.165) is 17.5 Å². The van der Waals surface area contributed by atoms with Crippen LogP contribution in [0.3, 0.4) is 0 Å². The summed E-state index contributed by atoms with van der Waals surface area (Å²) >= 11 is 3.56. The average Bonchev–Trinajstić information content (AvgIpc) is 2.63. The van der Waals surface area contributed by atoms with Crippen molar-refractivity contribution in [1.29, 1.82) is 0 Å². The van der Waals surface area contributed by atoms with E-state index in [9.17, 15) is 0 Å². The minimum absolute atomic E-state index is 0.556. The third kappa shape index (κ3) is 2.69. The average molecular weight is 224 g/mol. The van der Waals surface area contributed by atoms with Crippen LogP contribution in [0.15, 0.2) is 40.2 Å². The van der Waals surface area contributed by atoms with E-state index in [4.69, 9.17) is 5.73 Å². The molecule has 2 nitrogen and oxygen atoms in total. The summed E-state index contributed by atoms with van der Waals surface area (Å²) in [5.74, 6) is 1.08. The Labute approximate surface area is 92.4 Å². The number of hydrogen-bond donors (Lipinski definition) is 1. The molecule has 0 amide bonds. The lowest BCUT2D eigenvalue weighted by molar-refractivity contribution is 0.985. The number of benzene rings is 1. The molecule has 14 heavy (non-hydrogen) atoms. The number of thioether (sulfide) groups is 2. The van der Waals surface area contributed by atoms with Crippen LogP contribution in [0, 0.1) is 0 Å². The maximum absolute atomic E-state index is 5.60. The first kappa shape index (κ1) is 9.93. The van der Waals surface area contributed by atoms with Gasteiger partial charge in [-0.3, -0.25) is 4.99 Å². The monoisotopic (exact) mass is 224 g/mol. The highest BCUT2D eigenvalue weighted by molar-refractivity contribution is 8.15. The van der Waals surface area contributed by atoms with Crippen molar-refractivity contribution in [2.24, 2.45) is 10.7 Å². The summed E-state index contributed by atoms with van der Waals surface area (Å²) in [5, 5.41) is 1.30. The van der Waals surface area contributed by atoms with E-state index in [-0.39, 0.29) is 0 Å². The number of rotatable bonds is 3. The first-order valence-corrected chi connectivity index (χ1v) is 6.35. The Balaban J connectivity index is 1.79. The van der Waals surface area contributed by atoms with Gasteiger partial charge in [-0.25, -0.2) is 0 Å². The summed E-state index contributed by atoms with van der Waals surface area (Å²) in [6.45, 7) is 0.871. The molecule has 0 aromatic heterocycles. The van der Waals surface area contributed by atoms with Gasteiger partial charge in [-0.15, -0.1) is 11.8 Å². The molecule has 2 N–H and O–H groups in total. The summed E-state index contributed by atoms with van der Waals surface area (Å²) in [7, 11) is 0. The van der Waals surface area contributed by atoms with Crippen molar-refractivity contribution >= 4 is 28.7 Å². The van der Waals surface area contributed by atoms with Gasteiger partial charge in [0.25, 0.3) is 0 Å². The van der Waals surface area contributed by atoms with Gasteiger partial charge in [0.1, 0.15) is 0 Å². The molecule has 1 unspecified atom stereocenters. The molecule has 0 radical (unpaired) electrons. The van der Waals surface area contributed by atoms with Gasteiger partial charge in [0, 0.05) is 15.9 Å². The Morgan fingerprint density at radius 3 is 2.86 bits per heavy atom. The molecule has 0 saturated carbocycles. The number of aliphatic imine (C=N–C) groups is 1. The molecule has 1 aromatic rings. The fourth-order valence-electron chi connectivity index (χ4n) is 1.23. The molecule has 4 heteroatoms. The van der Waals surface area contributed by atoms with Crippen LogP contribution in [0.1, 0.15) is 0 Å². The van der Waals surface area contributed by atoms with E-state index in [1.165, 1.54) is 4.90 Å². The Hall–Kier alpha value is -0.610. The van der Waals surface area contributed by atoms with Crippen molar-refractivity contribution < 1.29 is 0 Å². The van der Waals surface area contributed by atoms with E-state index in [1.54, 1.807) is 11.8 Å². The number of nitrogens with zero attached hydrogens (tertiary/aromatic N) is 1. The Morgan fingerprint density at radius 2 is 2.21 bits per heavy atom. The summed E-state index contributed by atoms with van der Waals surface area (Å²) in [4.78, 5) is 5.49. The summed E-state index contributed by atoms with van der Waals surface area (Å²) < 4.78 is 0. The maximum Gasteiger partial charge on any atom is 0.154 e. The number of hydrogen-bond acceptors (Lipinski definition) is 4. The zero-order chi connectivity index (χ0) is 9.80. The van der Waals surface area contributed by atoms with Crippen molar-refractivity contribution in [1.82, 2.24) is 0 Å². The SMILES string of the molecule is NC1=NCC(CSc2ccccc2)S1. The lowest BCUT2D eigenvalue weighted by Crippen LogP contribution is -2.08. The summed E-state index contributed by atoms with van der Waals surface area (Å²) in [6, 6.07) is 10.4. The molecule has 0 bridgehead atoms. The fourth-order valence-corrected chi connectivity index (χ4v) is 3.18. The molecule has 1 heterocycles. The number of amidine groups is 1. The zero-order valence-corrected chi connectivity index (χ0v) is 9.35. The molecule has 1 aliphatic heterocycles. The minimum Gasteiger partial charge on any atom is -0.379 e. The van der Waals surface area contributed by atoms with E-state index >= 15 is 0 Å². The minimum atomic E-state index is 0.556. The van der Waals surface area contributed by atoms with Gasteiger partial charge in [0.2, 0.25) is 0 Å². The van der Waals surface area contributed by atoms with E-state index in [2.05, 4.69) is 29.3 Å². The molecule has 0 saturated heterocycles. The quantitative estimate of drug-likeness (QED) is 0.800. The van der Waals surface area contributed by atoms with Gasteiger partial charge in [-0.2, -0.15) is 0 Å². The molecule has 0 aliphatic carbocycles. The summed E-state index contributed by atoms with van der Waals surface area (Å²) in [5.41, 5.74) is 5.60. The molecule has 0 fully saturated rings. The smallest absolute Gasteiger partial charge is 0.154 e. The van der Waals surface area contributed by atoms with Crippen molar-refractivity contribution in [2.45, 2.75) is 10.1 Å². The normalized spacial score (nSPS) is 20.9. The van der Waals surface area contributed by atoms with Crippen molar-refractivity contribution in [3.8, 4) is 0 Å². The second-order valence-electron chi connectivity index (χ2n) is 3.04. The van der Waals surface area contributed by atoms with Crippen LogP contribution >= 0.6 is 23.5 Å². The predicted octanol–water partition coefficient (Wildman–Crippen LogP) is 2.21. The molecule has 0 spiro atoms. The summed E-state index contributed by atoms with van der Waals surface area (Å²) in [6.07, 6.45) is 0. The third-order valence-corrected chi connectivity index (χ3v) is 4.32. The zero-order valence-electron chi connectivity index (χ0n) is 7.72. The molecule has 1 atom stereocenters. The van der Waals surface area contributed by atoms with Crippen LogP contribution in [-0.4, -0.2) is 22.7 Å². The van der Waals surface area contributed by atoms with Gasteiger partial charge in [-0.1, -0.05) is 30.0 Å². The van der Waals surface area contributed by atoms with Gasteiger partial charge >= 0.3 is 0 Å².